The third kappa shape index (κ3) is 2.75. The maximum Gasteiger partial charge on any atom is 0.165 e. The molecule has 0 aromatic carbocycles. The van der Waals surface area contributed by atoms with Crippen LogP contribution in [0.2, 0.25) is 0 Å². The summed E-state index contributed by atoms with van der Waals surface area (Å²) in [6, 6.07) is 0.373. The minimum absolute atomic E-state index is 0.373. The molecular formula is C10H21N5. The molecule has 5 nitrogen and oxygen atoms in total. The summed E-state index contributed by atoms with van der Waals surface area (Å²) in [5.74, 6) is 1.56. The Bertz CT molecular complexity index is 279. The van der Waals surface area contributed by atoms with E-state index in [9.17, 15) is 0 Å². The Kier molecular flexibility index (Phi) is 4.68. The summed E-state index contributed by atoms with van der Waals surface area (Å²) in [4.78, 5) is 0. The number of nitrogens with zero attached hydrogens (tertiary/aromatic N) is 4. The maximum absolute atomic E-state index is 4.07. The van der Waals surface area contributed by atoms with Crippen molar-refractivity contribution in [2.45, 2.75) is 46.2 Å². The molecule has 15 heavy (non-hydrogen) atoms. The van der Waals surface area contributed by atoms with Gasteiger partial charge in [0.1, 0.15) is 0 Å². The molecule has 0 radical (unpaired) electrons. The zero-order valence-corrected chi connectivity index (χ0v) is 10.1. The van der Waals surface area contributed by atoms with Crippen LogP contribution in [0.1, 0.15) is 45.5 Å². The molecule has 0 spiro atoms. The summed E-state index contributed by atoms with van der Waals surface area (Å²) in [7, 11) is 1.90. The van der Waals surface area contributed by atoms with Gasteiger partial charge in [0, 0.05) is 0 Å². The fourth-order valence-electron chi connectivity index (χ4n) is 1.97. The van der Waals surface area contributed by atoms with E-state index in [1.54, 1.807) is 0 Å². The van der Waals surface area contributed by atoms with Crippen molar-refractivity contribution in [3.63, 3.8) is 0 Å². The Morgan fingerprint density at radius 1 is 1.33 bits per heavy atom. The maximum atomic E-state index is 4.07. The summed E-state index contributed by atoms with van der Waals surface area (Å²) in [6.45, 7) is 7.34. The highest BCUT2D eigenvalue weighted by Crippen LogP contribution is 2.23. The topological polar surface area (TPSA) is 55.6 Å². The van der Waals surface area contributed by atoms with Crippen LogP contribution in [0.4, 0.5) is 0 Å². The van der Waals surface area contributed by atoms with E-state index in [4.69, 9.17) is 0 Å². The van der Waals surface area contributed by atoms with Gasteiger partial charge in [-0.3, -0.25) is 0 Å². The van der Waals surface area contributed by atoms with E-state index in [1.165, 1.54) is 0 Å². The van der Waals surface area contributed by atoms with E-state index in [1.807, 2.05) is 11.7 Å². The van der Waals surface area contributed by atoms with Gasteiger partial charge in [-0.25, -0.2) is 4.68 Å². The van der Waals surface area contributed by atoms with Gasteiger partial charge in [0.2, 0.25) is 0 Å². The first-order valence-electron chi connectivity index (χ1n) is 5.65. The molecule has 0 saturated heterocycles. The molecule has 0 aliphatic heterocycles. The zero-order valence-electron chi connectivity index (χ0n) is 10.1. The zero-order chi connectivity index (χ0) is 11.3. The summed E-state index contributed by atoms with van der Waals surface area (Å²) in [6.07, 6.45) is 2.33. The second-order valence-electron chi connectivity index (χ2n) is 3.89. The first-order chi connectivity index (χ1) is 7.24. The van der Waals surface area contributed by atoms with Gasteiger partial charge < -0.3 is 5.32 Å². The highest BCUT2D eigenvalue weighted by Gasteiger charge is 2.19. The van der Waals surface area contributed by atoms with Crippen LogP contribution < -0.4 is 5.32 Å². The van der Waals surface area contributed by atoms with Gasteiger partial charge in [-0.05, 0) is 30.3 Å². The third-order valence-corrected chi connectivity index (χ3v) is 3.01. The minimum atomic E-state index is 0.373. The molecule has 5 heteroatoms. The van der Waals surface area contributed by atoms with Crippen LogP contribution in [0.25, 0.3) is 0 Å². The van der Waals surface area contributed by atoms with Crippen LogP contribution in [-0.2, 0) is 6.54 Å². The standard InChI is InChI=1S/C10H21N5/c1-5-9(6-2)8(3)15-10(7-11-4)12-13-14-15/h8-9,11H,5-7H2,1-4H3. The lowest BCUT2D eigenvalue weighted by Gasteiger charge is -2.21. The van der Waals surface area contributed by atoms with Gasteiger partial charge in [-0.15, -0.1) is 5.10 Å². The Labute approximate surface area is 91.2 Å². The monoisotopic (exact) mass is 211 g/mol. The van der Waals surface area contributed by atoms with E-state index >= 15 is 0 Å². The molecule has 0 fully saturated rings. The smallest absolute Gasteiger partial charge is 0.165 e. The third-order valence-electron chi connectivity index (χ3n) is 3.01. The number of nitrogens with one attached hydrogen (secondary N) is 1. The number of tetrazole rings is 1. The minimum Gasteiger partial charge on any atom is -0.313 e. The average Bonchev–Trinajstić information content (AvgIpc) is 2.68. The number of rotatable bonds is 6. The highest BCUT2D eigenvalue weighted by atomic mass is 15.6. The molecule has 1 atom stereocenters. The van der Waals surface area contributed by atoms with Crippen molar-refractivity contribution in [3.8, 4) is 0 Å². The van der Waals surface area contributed by atoms with Crippen molar-refractivity contribution in [2.75, 3.05) is 7.05 Å². The number of hydrogen-bond acceptors (Lipinski definition) is 4. The number of hydrogen-bond donors (Lipinski definition) is 1. The van der Waals surface area contributed by atoms with Crippen molar-refractivity contribution in [1.82, 2.24) is 25.5 Å². The van der Waals surface area contributed by atoms with E-state index < -0.39 is 0 Å². The summed E-state index contributed by atoms with van der Waals surface area (Å²) in [5, 5.41) is 14.9. The van der Waals surface area contributed by atoms with Crippen molar-refractivity contribution < 1.29 is 0 Å². The molecule has 1 N–H and O–H groups in total. The van der Waals surface area contributed by atoms with Crippen LogP contribution in [0.15, 0.2) is 0 Å². The Morgan fingerprint density at radius 2 is 2.00 bits per heavy atom. The van der Waals surface area contributed by atoms with Gasteiger partial charge >= 0.3 is 0 Å². The quantitative estimate of drug-likeness (QED) is 0.772. The van der Waals surface area contributed by atoms with E-state index in [0.717, 1.165) is 25.2 Å². The molecule has 0 aliphatic rings. The molecule has 0 amide bonds. The van der Waals surface area contributed by atoms with Crippen LogP contribution in [0.3, 0.4) is 0 Å². The Hall–Kier alpha value is -0.970. The van der Waals surface area contributed by atoms with Gasteiger partial charge in [0.05, 0.1) is 12.6 Å². The second-order valence-corrected chi connectivity index (χ2v) is 3.89. The molecule has 1 unspecified atom stereocenters. The van der Waals surface area contributed by atoms with Crippen molar-refractivity contribution >= 4 is 0 Å². The molecule has 1 aromatic rings. The van der Waals surface area contributed by atoms with E-state index in [-0.39, 0.29) is 0 Å². The second kappa shape index (κ2) is 5.80. The van der Waals surface area contributed by atoms with E-state index in [0.29, 0.717) is 12.0 Å². The first-order valence-corrected chi connectivity index (χ1v) is 5.65. The Balaban J connectivity index is 2.79. The fraction of sp³-hybridized carbons (Fsp3) is 0.900. The van der Waals surface area contributed by atoms with Crippen LogP contribution >= 0.6 is 0 Å². The van der Waals surface area contributed by atoms with Crippen molar-refractivity contribution in [3.05, 3.63) is 5.82 Å². The van der Waals surface area contributed by atoms with Crippen LogP contribution in [0.5, 0.6) is 0 Å². The molecule has 1 rings (SSSR count). The predicted octanol–water partition coefficient (Wildman–Crippen LogP) is 1.39. The largest absolute Gasteiger partial charge is 0.313 e. The van der Waals surface area contributed by atoms with Crippen LogP contribution in [-0.4, -0.2) is 27.3 Å². The lowest BCUT2D eigenvalue weighted by atomic mass is 9.96. The highest BCUT2D eigenvalue weighted by molar-refractivity contribution is 4.84. The van der Waals surface area contributed by atoms with Gasteiger partial charge in [0.15, 0.2) is 5.82 Å². The SMILES string of the molecule is CCC(CC)C(C)n1nnnc1CNC. The lowest BCUT2D eigenvalue weighted by Crippen LogP contribution is -2.21. The average molecular weight is 211 g/mol. The summed E-state index contributed by atoms with van der Waals surface area (Å²) >= 11 is 0. The molecule has 0 saturated carbocycles. The fourth-order valence-corrected chi connectivity index (χ4v) is 1.97. The van der Waals surface area contributed by atoms with Crippen molar-refractivity contribution in [1.29, 1.82) is 0 Å². The normalized spacial score (nSPS) is 13.4. The summed E-state index contributed by atoms with van der Waals surface area (Å²) in [5.41, 5.74) is 0. The summed E-state index contributed by atoms with van der Waals surface area (Å²) < 4.78 is 1.94. The number of aromatic nitrogens is 4. The van der Waals surface area contributed by atoms with Crippen LogP contribution in [0, 0.1) is 5.92 Å². The molecule has 0 bridgehead atoms. The Morgan fingerprint density at radius 3 is 2.53 bits per heavy atom. The molecule has 86 valence electrons. The van der Waals surface area contributed by atoms with Crippen molar-refractivity contribution in [2.24, 2.45) is 5.92 Å². The molecule has 1 heterocycles. The van der Waals surface area contributed by atoms with Gasteiger partial charge in [-0.1, -0.05) is 26.7 Å². The predicted molar refractivity (Wildman–Crippen MR) is 59.4 cm³/mol. The van der Waals surface area contributed by atoms with Gasteiger partial charge in [0.25, 0.3) is 0 Å². The van der Waals surface area contributed by atoms with Gasteiger partial charge in [-0.2, -0.15) is 0 Å². The molecule has 0 aliphatic carbocycles. The van der Waals surface area contributed by atoms with E-state index in [2.05, 4.69) is 41.6 Å². The lowest BCUT2D eigenvalue weighted by molar-refractivity contribution is 0.298. The molecular weight excluding hydrogens is 190 g/mol. The molecule has 1 aromatic heterocycles. The first kappa shape index (κ1) is 12.1.